The molecule has 1 heterocycles. The van der Waals surface area contributed by atoms with Crippen molar-refractivity contribution < 1.29 is 13.9 Å². The van der Waals surface area contributed by atoms with Gasteiger partial charge in [-0.15, -0.1) is 0 Å². The summed E-state index contributed by atoms with van der Waals surface area (Å²) in [5.74, 6) is -0.519. The molecular formula is C16H21BrFNO2. The molecular weight excluding hydrogens is 337 g/mol. The Morgan fingerprint density at radius 1 is 1.38 bits per heavy atom. The third-order valence-electron chi connectivity index (χ3n) is 3.83. The number of carbonyl (C=O) groups excluding carboxylic acids is 1. The van der Waals surface area contributed by atoms with Crippen LogP contribution in [0.3, 0.4) is 0 Å². The fourth-order valence-corrected chi connectivity index (χ4v) is 3.03. The molecule has 0 amide bonds. The number of ether oxygens (including phenoxy) is 1. The van der Waals surface area contributed by atoms with E-state index in [-0.39, 0.29) is 24.2 Å². The summed E-state index contributed by atoms with van der Waals surface area (Å²) in [4.78, 5) is 14.1. The summed E-state index contributed by atoms with van der Waals surface area (Å²) < 4.78 is 19.3. The second-order valence-corrected chi connectivity index (χ2v) is 6.15. The second-order valence-electron chi connectivity index (χ2n) is 5.30. The van der Waals surface area contributed by atoms with E-state index in [4.69, 9.17) is 4.74 Å². The topological polar surface area (TPSA) is 29.5 Å². The molecule has 3 nitrogen and oxygen atoms in total. The van der Waals surface area contributed by atoms with E-state index in [1.165, 1.54) is 12.5 Å². The summed E-state index contributed by atoms with van der Waals surface area (Å²) in [5.41, 5.74) is 0.839. The number of piperidine rings is 1. The van der Waals surface area contributed by atoms with Crippen molar-refractivity contribution in [1.29, 1.82) is 0 Å². The molecule has 1 unspecified atom stereocenters. The highest BCUT2D eigenvalue weighted by molar-refractivity contribution is 9.10. The predicted octanol–water partition coefficient (Wildman–Crippen LogP) is 4.07. The lowest BCUT2D eigenvalue weighted by atomic mass is 9.99. The third-order valence-corrected chi connectivity index (χ3v) is 4.47. The number of halogens is 2. The normalized spacial score (nSPS) is 17.5. The van der Waals surface area contributed by atoms with E-state index in [1.54, 1.807) is 13.0 Å². The highest BCUT2D eigenvalue weighted by Gasteiger charge is 2.25. The second kappa shape index (κ2) is 7.90. The molecule has 0 spiro atoms. The smallest absolute Gasteiger partial charge is 0.307 e. The largest absolute Gasteiger partial charge is 0.466 e. The van der Waals surface area contributed by atoms with Crippen LogP contribution in [0.2, 0.25) is 0 Å². The average molecular weight is 358 g/mol. The van der Waals surface area contributed by atoms with Crippen molar-refractivity contribution in [2.24, 2.45) is 0 Å². The lowest BCUT2D eigenvalue weighted by Crippen LogP contribution is -2.35. The Morgan fingerprint density at radius 3 is 2.71 bits per heavy atom. The molecule has 2 rings (SSSR count). The van der Waals surface area contributed by atoms with Crippen molar-refractivity contribution in [2.75, 3.05) is 19.7 Å². The van der Waals surface area contributed by atoms with Crippen LogP contribution < -0.4 is 0 Å². The highest BCUT2D eigenvalue weighted by atomic mass is 79.9. The van der Waals surface area contributed by atoms with E-state index in [0.29, 0.717) is 11.1 Å². The summed E-state index contributed by atoms with van der Waals surface area (Å²) in [6, 6.07) is 4.99. The Morgan fingerprint density at radius 2 is 2.10 bits per heavy atom. The number of nitrogens with zero attached hydrogens (tertiary/aromatic N) is 1. The molecule has 1 aromatic carbocycles. The molecule has 116 valence electrons. The minimum Gasteiger partial charge on any atom is -0.466 e. The Hall–Kier alpha value is -0.940. The number of hydrogen-bond acceptors (Lipinski definition) is 3. The van der Waals surface area contributed by atoms with Crippen LogP contribution in [0.15, 0.2) is 22.7 Å². The molecule has 0 N–H and O–H groups in total. The van der Waals surface area contributed by atoms with Crippen LogP contribution in [0.4, 0.5) is 4.39 Å². The Kier molecular flexibility index (Phi) is 6.18. The van der Waals surface area contributed by atoms with Gasteiger partial charge in [0.1, 0.15) is 5.82 Å². The molecule has 0 bridgehead atoms. The minimum absolute atomic E-state index is 0.105. The van der Waals surface area contributed by atoms with Gasteiger partial charge >= 0.3 is 5.97 Å². The summed E-state index contributed by atoms with van der Waals surface area (Å²) in [7, 11) is 0. The molecule has 1 aliphatic heterocycles. The first-order valence-electron chi connectivity index (χ1n) is 7.46. The number of carbonyl (C=O) groups is 1. The van der Waals surface area contributed by atoms with Crippen LogP contribution in [-0.2, 0) is 9.53 Å². The maximum absolute atomic E-state index is 13.8. The van der Waals surface area contributed by atoms with Crippen molar-refractivity contribution in [2.45, 2.75) is 38.6 Å². The van der Waals surface area contributed by atoms with Crippen molar-refractivity contribution in [3.8, 4) is 0 Å². The van der Waals surface area contributed by atoms with Gasteiger partial charge in [0.2, 0.25) is 0 Å². The van der Waals surface area contributed by atoms with Gasteiger partial charge in [0.05, 0.1) is 17.5 Å². The van der Waals surface area contributed by atoms with Gasteiger partial charge in [-0.1, -0.05) is 12.5 Å². The van der Waals surface area contributed by atoms with Crippen LogP contribution in [0.5, 0.6) is 0 Å². The molecule has 0 aliphatic carbocycles. The van der Waals surface area contributed by atoms with E-state index in [1.807, 2.05) is 6.07 Å². The summed E-state index contributed by atoms with van der Waals surface area (Å²) in [5, 5.41) is 0. The minimum atomic E-state index is -0.293. The van der Waals surface area contributed by atoms with Gasteiger partial charge in [0.15, 0.2) is 0 Å². The Labute approximate surface area is 133 Å². The summed E-state index contributed by atoms with van der Waals surface area (Å²) >= 11 is 3.17. The number of benzene rings is 1. The highest BCUT2D eigenvalue weighted by Crippen LogP contribution is 2.30. The van der Waals surface area contributed by atoms with Crippen molar-refractivity contribution >= 4 is 21.9 Å². The summed E-state index contributed by atoms with van der Waals surface area (Å²) in [6.45, 7) is 4.07. The number of likely N-dealkylation sites (tertiary alicyclic amines) is 1. The van der Waals surface area contributed by atoms with Gasteiger partial charge in [0.25, 0.3) is 0 Å². The maximum Gasteiger partial charge on any atom is 0.307 e. The molecule has 0 aromatic heterocycles. The fourth-order valence-electron chi connectivity index (χ4n) is 2.79. The quantitative estimate of drug-likeness (QED) is 0.744. The van der Waals surface area contributed by atoms with Gasteiger partial charge in [-0.2, -0.15) is 0 Å². The zero-order valence-electron chi connectivity index (χ0n) is 12.3. The monoisotopic (exact) mass is 357 g/mol. The number of hydrogen-bond donors (Lipinski definition) is 0. The van der Waals surface area contributed by atoms with Crippen LogP contribution in [-0.4, -0.2) is 30.6 Å². The molecule has 1 fully saturated rings. The first kappa shape index (κ1) is 16.4. The molecule has 1 aromatic rings. The molecule has 1 saturated heterocycles. The molecule has 5 heteroatoms. The molecule has 21 heavy (non-hydrogen) atoms. The number of esters is 1. The molecule has 0 radical (unpaired) electrons. The van der Waals surface area contributed by atoms with E-state index < -0.39 is 0 Å². The predicted molar refractivity (Wildman–Crippen MR) is 83.5 cm³/mol. The van der Waals surface area contributed by atoms with Crippen LogP contribution in [0.25, 0.3) is 0 Å². The first-order chi connectivity index (χ1) is 10.1. The van der Waals surface area contributed by atoms with Crippen LogP contribution in [0.1, 0.15) is 44.2 Å². The van der Waals surface area contributed by atoms with Crippen LogP contribution in [0, 0.1) is 5.82 Å². The fraction of sp³-hybridized carbons (Fsp3) is 0.562. The first-order valence-corrected chi connectivity index (χ1v) is 8.25. The molecule has 1 aliphatic rings. The van der Waals surface area contributed by atoms with Crippen molar-refractivity contribution in [3.63, 3.8) is 0 Å². The molecule has 0 saturated carbocycles. The lowest BCUT2D eigenvalue weighted by Gasteiger charge is -2.34. The third kappa shape index (κ3) is 4.51. The zero-order chi connectivity index (χ0) is 15.2. The van der Waals surface area contributed by atoms with E-state index in [2.05, 4.69) is 20.8 Å². The van der Waals surface area contributed by atoms with Crippen LogP contribution >= 0.6 is 15.9 Å². The molecule has 1 atom stereocenters. The van der Waals surface area contributed by atoms with E-state index >= 15 is 0 Å². The Bertz CT molecular complexity index is 489. The van der Waals surface area contributed by atoms with Gasteiger partial charge in [-0.05, 0) is 66.5 Å². The average Bonchev–Trinajstić information content (AvgIpc) is 2.49. The van der Waals surface area contributed by atoms with Gasteiger partial charge in [0, 0.05) is 6.04 Å². The zero-order valence-corrected chi connectivity index (χ0v) is 13.9. The van der Waals surface area contributed by atoms with Gasteiger partial charge < -0.3 is 4.74 Å². The van der Waals surface area contributed by atoms with Crippen molar-refractivity contribution in [1.82, 2.24) is 4.90 Å². The summed E-state index contributed by atoms with van der Waals surface area (Å²) in [6.07, 6.45) is 3.74. The van der Waals surface area contributed by atoms with Gasteiger partial charge in [-0.3, -0.25) is 9.69 Å². The Balaban J connectivity index is 2.20. The number of rotatable bonds is 5. The standard InChI is InChI=1S/C16H21BrFNO2/c1-2-21-16(20)11-15(19-8-4-3-5-9-19)12-6-7-13(17)14(18)10-12/h6-7,10,15H,2-5,8-9,11H2,1H3. The van der Waals surface area contributed by atoms with Crippen molar-refractivity contribution in [3.05, 3.63) is 34.1 Å². The van der Waals surface area contributed by atoms with E-state index in [0.717, 1.165) is 31.5 Å². The lowest BCUT2D eigenvalue weighted by molar-refractivity contribution is -0.144. The van der Waals surface area contributed by atoms with Gasteiger partial charge in [-0.25, -0.2) is 4.39 Å². The SMILES string of the molecule is CCOC(=O)CC(c1ccc(Br)c(F)c1)N1CCCCC1. The van der Waals surface area contributed by atoms with E-state index in [9.17, 15) is 9.18 Å². The maximum atomic E-state index is 13.8.